The maximum atomic E-state index is 12.0. The van der Waals surface area contributed by atoms with Crippen molar-refractivity contribution in [3.63, 3.8) is 0 Å². The highest BCUT2D eigenvalue weighted by molar-refractivity contribution is 6.35. The molecule has 0 aliphatic rings. The molecule has 2 aromatic carbocycles. The fourth-order valence-corrected chi connectivity index (χ4v) is 5.33. The van der Waals surface area contributed by atoms with E-state index in [1.54, 1.807) is 6.07 Å². The lowest BCUT2D eigenvalue weighted by Crippen LogP contribution is -2.18. The number of hydrogen-bond donors (Lipinski definition) is 3. The smallest absolute Gasteiger partial charge is 0.337 e. The lowest BCUT2D eigenvalue weighted by atomic mass is 10.1. The zero-order valence-electron chi connectivity index (χ0n) is 26.5. The highest BCUT2D eigenvalue weighted by atomic mass is 35.5. The van der Waals surface area contributed by atoms with Crippen LogP contribution in [0.2, 0.25) is 20.1 Å². The van der Waals surface area contributed by atoms with Gasteiger partial charge in [-0.15, -0.1) is 0 Å². The van der Waals surface area contributed by atoms with Crippen LogP contribution in [-0.4, -0.2) is 68.4 Å². The highest BCUT2D eigenvalue weighted by Crippen LogP contribution is 2.27. The summed E-state index contributed by atoms with van der Waals surface area (Å²) in [5.41, 5.74) is 1.23. The molecule has 5 rings (SSSR count). The molecule has 0 radical (unpaired) electrons. The number of methoxy groups -OCH3 is 1. The van der Waals surface area contributed by atoms with Crippen LogP contribution in [0.4, 0.5) is 11.4 Å². The maximum absolute atomic E-state index is 12.0. The van der Waals surface area contributed by atoms with Gasteiger partial charge in [-0.25, -0.2) is 24.4 Å². The third-order valence-corrected chi connectivity index (χ3v) is 7.78. The number of fused-ring (bicyclic) bond motifs is 1. The number of aromatic amines is 1. The molecule has 0 fully saturated rings. The van der Waals surface area contributed by atoms with E-state index in [1.807, 2.05) is 0 Å². The molecule has 0 bridgehead atoms. The van der Waals surface area contributed by atoms with Gasteiger partial charge in [0.05, 0.1) is 57.5 Å². The van der Waals surface area contributed by atoms with Crippen LogP contribution in [-0.2, 0) is 11.3 Å². The van der Waals surface area contributed by atoms with Gasteiger partial charge in [0.25, 0.3) is 5.69 Å². The van der Waals surface area contributed by atoms with Crippen molar-refractivity contribution in [2.24, 2.45) is 0 Å². The Bertz CT molecular complexity index is 2110. The number of carboxylic acids is 1. The van der Waals surface area contributed by atoms with Gasteiger partial charge >= 0.3 is 17.6 Å². The van der Waals surface area contributed by atoms with Crippen molar-refractivity contribution in [1.82, 2.24) is 19.5 Å². The predicted octanol–water partition coefficient (Wildman–Crippen LogP) is 7.16. The van der Waals surface area contributed by atoms with Crippen LogP contribution >= 0.6 is 46.4 Å². The lowest BCUT2D eigenvalue weighted by Gasteiger charge is -2.10. The number of carbonyl (C=O) groups excluding carboxylic acids is 1. The Morgan fingerprint density at radius 2 is 1.53 bits per heavy atom. The molecule has 5 aromatic rings. The summed E-state index contributed by atoms with van der Waals surface area (Å²) in [5.74, 6) is -1.09. The minimum Gasteiger partial charge on any atom is -0.478 e. The van der Waals surface area contributed by atoms with Gasteiger partial charge in [-0.3, -0.25) is 14.7 Å². The average molecular weight is 782 g/mol. The van der Waals surface area contributed by atoms with Crippen LogP contribution in [0.1, 0.15) is 33.6 Å². The Morgan fingerprint density at radius 1 is 0.922 bits per heavy atom. The number of hydrogen-bond acceptors (Lipinski definition) is 11. The summed E-state index contributed by atoms with van der Waals surface area (Å²) in [6, 6.07) is 11.5. The van der Waals surface area contributed by atoms with Crippen molar-refractivity contribution in [3.05, 3.63) is 113 Å². The van der Waals surface area contributed by atoms with Gasteiger partial charge in [-0.2, -0.15) is 0 Å². The minimum absolute atomic E-state index is 0.119. The molecular weight excluding hydrogens is 754 g/mol. The Kier molecular flexibility index (Phi) is 13.8. The zero-order valence-corrected chi connectivity index (χ0v) is 29.6. The van der Waals surface area contributed by atoms with E-state index in [2.05, 4.69) is 25.0 Å². The molecule has 0 saturated heterocycles. The molecule has 3 aromatic heterocycles. The van der Waals surface area contributed by atoms with Crippen molar-refractivity contribution in [3.8, 4) is 11.8 Å². The number of pyridine rings is 2. The number of aromatic nitrogens is 4. The normalized spacial score (nSPS) is 10.6. The fraction of sp³-hybridized carbons (Fsp3) is 0.219. The Balaban J connectivity index is 0.000000229. The number of rotatable bonds is 14. The van der Waals surface area contributed by atoms with Crippen molar-refractivity contribution in [1.29, 1.82) is 0 Å². The van der Waals surface area contributed by atoms with E-state index >= 15 is 0 Å². The first kappa shape index (κ1) is 38.7. The minimum atomic E-state index is -1.05. The highest BCUT2D eigenvalue weighted by Gasteiger charge is 2.17. The number of nitrogens with zero attached hydrogens (tertiary/aromatic N) is 4. The number of H-pyrrole nitrogens is 1. The number of carbonyl (C=O) groups is 2. The molecule has 0 aliphatic carbocycles. The van der Waals surface area contributed by atoms with E-state index in [4.69, 9.17) is 61.0 Å². The fourth-order valence-electron chi connectivity index (χ4n) is 4.46. The zero-order chi connectivity index (χ0) is 37.1. The number of aromatic carboxylic acids is 1. The number of ether oxygens (including phenoxy) is 3. The molecule has 0 aliphatic heterocycles. The molecule has 0 amide bonds. The van der Waals surface area contributed by atoms with Crippen LogP contribution in [0.3, 0.4) is 0 Å². The summed E-state index contributed by atoms with van der Waals surface area (Å²) >= 11 is 23.4. The van der Waals surface area contributed by atoms with E-state index < -0.39 is 16.9 Å². The molecule has 268 valence electrons. The maximum Gasteiger partial charge on any atom is 0.337 e. The summed E-state index contributed by atoms with van der Waals surface area (Å²) < 4.78 is 17.0. The summed E-state index contributed by atoms with van der Waals surface area (Å²) in [4.78, 5) is 55.9. The Morgan fingerprint density at radius 3 is 2.10 bits per heavy atom. The van der Waals surface area contributed by atoms with Crippen molar-refractivity contribution in [2.45, 2.75) is 19.4 Å². The largest absolute Gasteiger partial charge is 0.478 e. The molecule has 15 nitrogen and oxygen atoms in total. The van der Waals surface area contributed by atoms with Gasteiger partial charge in [-0.05, 0) is 55.3 Å². The van der Waals surface area contributed by atoms with Gasteiger partial charge in [0, 0.05) is 31.5 Å². The summed E-state index contributed by atoms with van der Waals surface area (Å²) in [5, 5.41) is 24.5. The number of imidazole rings is 1. The topological polar surface area (TPSA) is 201 Å². The Labute approximate surface area is 309 Å². The first-order valence-corrected chi connectivity index (χ1v) is 16.3. The quantitative estimate of drug-likeness (QED) is 0.0445. The number of carboxylic acid groups (broad SMARTS) is 1. The first-order valence-electron chi connectivity index (χ1n) is 14.8. The van der Waals surface area contributed by atoms with Crippen molar-refractivity contribution in [2.75, 3.05) is 32.2 Å². The molecule has 3 N–H and O–H groups in total. The number of esters is 1. The number of halogens is 4. The van der Waals surface area contributed by atoms with Gasteiger partial charge in [-0.1, -0.05) is 46.4 Å². The molecule has 0 atom stereocenters. The summed E-state index contributed by atoms with van der Waals surface area (Å²) in [7, 11) is 1.24. The number of nitro groups is 1. The second kappa shape index (κ2) is 18.2. The van der Waals surface area contributed by atoms with E-state index in [1.165, 1.54) is 66.5 Å². The molecule has 0 saturated carbocycles. The number of anilines is 1. The second-order valence-electron chi connectivity index (χ2n) is 10.3. The van der Waals surface area contributed by atoms with Crippen LogP contribution in [0.25, 0.3) is 11.0 Å². The van der Waals surface area contributed by atoms with E-state index in [-0.39, 0.29) is 53.2 Å². The first-order chi connectivity index (χ1) is 24.4. The van der Waals surface area contributed by atoms with Crippen LogP contribution in [0.15, 0.2) is 65.7 Å². The van der Waals surface area contributed by atoms with Crippen LogP contribution in [0, 0.1) is 10.1 Å². The van der Waals surface area contributed by atoms with Crippen LogP contribution < -0.4 is 20.5 Å². The third kappa shape index (κ3) is 10.7. The van der Waals surface area contributed by atoms with Crippen molar-refractivity contribution < 1.29 is 33.8 Å². The lowest BCUT2D eigenvalue weighted by molar-refractivity contribution is -0.384. The second-order valence-corrected chi connectivity index (χ2v) is 12.0. The molecule has 19 heteroatoms. The average Bonchev–Trinajstić information content (AvgIpc) is 3.41. The monoisotopic (exact) mass is 780 g/mol. The third-order valence-electron chi connectivity index (χ3n) is 6.82. The van der Waals surface area contributed by atoms with Crippen molar-refractivity contribution >= 4 is 80.8 Å². The standard InChI is InChI=1S/C16H15Cl2N3O5.C16H13Cl2N3O4/c1-25-16(22)10-3-4-14(21(23)24)13(7-10)19-5-2-6-26-15-12(18)8-11(17)9-20-15;17-10-7-11(18)14(19-8-10)25-5-1-4-21-13-6-9(15(22)23)2-3-12(13)20-16(21)24/h3-4,7-9,19H,2,5-6H2,1H3;2-3,6-8H,1,4-5H2,(H,20,24)(H,22,23). The van der Waals surface area contributed by atoms with Gasteiger partial charge in [0.15, 0.2) is 0 Å². The molecule has 0 spiro atoms. The molecule has 0 unspecified atom stereocenters. The van der Waals surface area contributed by atoms with E-state index in [0.717, 1.165) is 0 Å². The molecular formula is C32H28Cl4N6O9. The predicted molar refractivity (Wildman–Crippen MR) is 191 cm³/mol. The number of nitrogens with one attached hydrogen (secondary N) is 2. The summed E-state index contributed by atoms with van der Waals surface area (Å²) in [6.07, 6.45) is 3.87. The number of aryl methyl sites for hydroxylation is 1. The molecule has 3 heterocycles. The van der Waals surface area contributed by atoms with Gasteiger partial charge in [0.2, 0.25) is 11.8 Å². The summed E-state index contributed by atoms with van der Waals surface area (Å²) in [6.45, 7) is 1.29. The Hall–Kier alpha value is -5.09. The molecule has 51 heavy (non-hydrogen) atoms. The number of nitro benzene ring substituents is 1. The van der Waals surface area contributed by atoms with E-state index in [9.17, 15) is 24.5 Å². The van der Waals surface area contributed by atoms with Gasteiger partial charge in [0.1, 0.15) is 15.7 Å². The van der Waals surface area contributed by atoms with Crippen LogP contribution in [0.5, 0.6) is 11.8 Å². The SMILES string of the molecule is COC(=O)c1ccc([N+](=O)[O-])c(NCCCOc2ncc(Cl)cc2Cl)c1.O=C(O)c1ccc2[nH]c(=O)n(CCCOc3ncc(Cl)cc3Cl)c2c1. The number of benzene rings is 2. The van der Waals surface area contributed by atoms with E-state index in [0.29, 0.717) is 57.1 Å². The van der Waals surface area contributed by atoms with Gasteiger partial charge < -0.3 is 29.6 Å².